The molecule has 2 fully saturated rings. The van der Waals surface area contributed by atoms with Gasteiger partial charge in [-0.25, -0.2) is 4.79 Å². The predicted octanol–water partition coefficient (Wildman–Crippen LogP) is 3.11. The molecule has 8 heteroatoms. The Balaban J connectivity index is 1.46. The van der Waals surface area contributed by atoms with Crippen LogP contribution in [0.25, 0.3) is 0 Å². The van der Waals surface area contributed by atoms with Crippen LogP contribution in [0.15, 0.2) is 48.5 Å². The number of methoxy groups -OCH3 is 2. The maximum atomic E-state index is 13.7. The summed E-state index contributed by atoms with van der Waals surface area (Å²) >= 11 is 0. The van der Waals surface area contributed by atoms with Crippen LogP contribution in [0.4, 0.5) is 0 Å². The van der Waals surface area contributed by atoms with Crippen LogP contribution in [-0.2, 0) is 16.1 Å². The topological polar surface area (TPSA) is 80.3 Å². The number of hydrogen-bond acceptors (Lipinski definition) is 7. The van der Waals surface area contributed by atoms with Gasteiger partial charge in [-0.1, -0.05) is 12.1 Å². The van der Waals surface area contributed by atoms with Crippen LogP contribution < -0.4 is 14.8 Å². The molecule has 0 unspecified atom stereocenters. The number of rotatable bonds is 9. The molecule has 2 heterocycles. The van der Waals surface area contributed by atoms with E-state index < -0.39 is 5.97 Å². The van der Waals surface area contributed by atoms with Crippen molar-refractivity contribution in [3.63, 3.8) is 0 Å². The van der Waals surface area contributed by atoms with Crippen molar-refractivity contribution in [1.29, 1.82) is 0 Å². The van der Waals surface area contributed by atoms with Gasteiger partial charge in [-0.3, -0.25) is 4.79 Å². The Hall–Kier alpha value is -3.10. The SMILES string of the molecule is COC(=O)COc1ccc(C(=O)N(Cc2ccc(OC)cc2)C2CCN(C3CCNCC3)CC2)cc1. The molecule has 0 aromatic heterocycles. The first kappa shape index (κ1) is 26.0. The number of benzene rings is 2. The van der Waals surface area contributed by atoms with Crippen LogP contribution in [0.2, 0.25) is 0 Å². The summed E-state index contributed by atoms with van der Waals surface area (Å²) < 4.78 is 15.3. The van der Waals surface area contributed by atoms with Gasteiger partial charge < -0.3 is 29.3 Å². The fourth-order valence-electron chi connectivity index (χ4n) is 5.09. The summed E-state index contributed by atoms with van der Waals surface area (Å²) in [6.45, 7) is 4.59. The van der Waals surface area contributed by atoms with E-state index in [1.807, 2.05) is 29.2 Å². The summed E-state index contributed by atoms with van der Waals surface area (Å²) in [6.07, 6.45) is 4.32. The molecule has 0 radical (unpaired) electrons. The highest BCUT2D eigenvalue weighted by molar-refractivity contribution is 5.94. The molecule has 0 saturated carbocycles. The molecule has 4 rings (SSSR count). The molecule has 2 aliphatic heterocycles. The maximum absolute atomic E-state index is 13.7. The van der Waals surface area contributed by atoms with E-state index in [0.717, 1.165) is 50.3 Å². The van der Waals surface area contributed by atoms with Crippen molar-refractivity contribution in [2.75, 3.05) is 47.0 Å². The first-order valence-corrected chi connectivity index (χ1v) is 12.8. The summed E-state index contributed by atoms with van der Waals surface area (Å²) in [5, 5.41) is 3.45. The molecule has 1 amide bonds. The van der Waals surface area contributed by atoms with E-state index in [-0.39, 0.29) is 18.6 Å². The largest absolute Gasteiger partial charge is 0.497 e. The van der Waals surface area contributed by atoms with Crippen LogP contribution in [0.3, 0.4) is 0 Å². The minimum Gasteiger partial charge on any atom is -0.497 e. The second-order valence-electron chi connectivity index (χ2n) is 9.42. The van der Waals surface area contributed by atoms with Gasteiger partial charge in [-0.2, -0.15) is 0 Å². The van der Waals surface area contributed by atoms with Gasteiger partial charge in [-0.15, -0.1) is 0 Å². The Morgan fingerprint density at radius 3 is 2.17 bits per heavy atom. The number of nitrogens with one attached hydrogen (secondary N) is 1. The summed E-state index contributed by atoms with van der Waals surface area (Å²) in [7, 11) is 2.97. The Morgan fingerprint density at radius 2 is 1.56 bits per heavy atom. The van der Waals surface area contributed by atoms with Crippen molar-refractivity contribution in [2.45, 2.75) is 44.3 Å². The molecule has 2 aliphatic rings. The van der Waals surface area contributed by atoms with E-state index >= 15 is 0 Å². The van der Waals surface area contributed by atoms with Gasteiger partial charge in [0, 0.05) is 37.3 Å². The Kier molecular flexibility index (Phi) is 9.19. The Bertz CT molecular complexity index is 981. The molecule has 8 nitrogen and oxygen atoms in total. The molecule has 0 aliphatic carbocycles. The van der Waals surface area contributed by atoms with Crippen molar-refractivity contribution in [2.24, 2.45) is 0 Å². The van der Waals surface area contributed by atoms with Crippen LogP contribution in [0, 0.1) is 0 Å². The molecule has 0 bridgehead atoms. The monoisotopic (exact) mass is 495 g/mol. The number of ether oxygens (including phenoxy) is 3. The van der Waals surface area contributed by atoms with E-state index in [2.05, 4.69) is 15.0 Å². The third-order valence-corrected chi connectivity index (χ3v) is 7.22. The van der Waals surface area contributed by atoms with Crippen molar-refractivity contribution in [1.82, 2.24) is 15.1 Å². The average molecular weight is 496 g/mol. The predicted molar refractivity (Wildman–Crippen MR) is 137 cm³/mol. The molecule has 2 aromatic carbocycles. The normalized spacial score (nSPS) is 17.4. The van der Waals surface area contributed by atoms with Crippen molar-refractivity contribution in [3.05, 3.63) is 59.7 Å². The molecule has 2 saturated heterocycles. The Morgan fingerprint density at radius 1 is 0.917 bits per heavy atom. The summed E-state index contributed by atoms with van der Waals surface area (Å²) in [5.74, 6) is 0.880. The number of likely N-dealkylation sites (tertiary alicyclic amines) is 1. The summed E-state index contributed by atoms with van der Waals surface area (Å²) in [4.78, 5) is 29.7. The fourth-order valence-corrected chi connectivity index (χ4v) is 5.09. The number of hydrogen-bond donors (Lipinski definition) is 1. The molecule has 0 atom stereocenters. The fraction of sp³-hybridized carbons (Fsp3) is 0.500. The molecule has 2 aromatic rings. The molecular formula is C28H37N3O5. The average Bonchev–Trinajstić information content (AvgIpc) is 2.95. The molecule has 0 spiro atoms. The van der Waals surface area contributed by atoms with Gasteiger partial charge in [-0.05, 0) is 80.7 Å². The highest BCUT2D eigenvalue weighted by atomic mass is 16.6. The number of carbonyl (C=O) groups is 2. The number of nitrogens with zero attached hydrogens (tertiary/aromatic N) is 2. The van der Waals surface area contributed by atoms with E-state index in [4.69, 9.17) is 9.47 Å². The van der Waals surface area contributed by atoms with Crippen molar-refractivity contribution >= 4 is 11.9 Å². The lowest BCUT2D eigenvalue weighted by molar-refractivity contribution is -0.142. The minimum absolute atomic E-state index is 0.00523. The smallest absolute Gasteiger partial charge is 0.343 e. The first-order valence-electron chi connectivity index (χ1n) is 12.8. The van der Waals surface area contributed by atoms with Gasteiger partial charge in [0.25, 0.3) is 5.91 Å². The van der Waals surface area contributed by atoms with Gasteiger partial charge in [0.1, 0.15) is 11.5 Å². The van der Waals surface area contributed by atoms with E-state index in [1.54, 1.807) is 31.4 Å². The lowest BCUT2D eigenvalue weighted by atomic mass is 9.96. The van der Waals surface area contributed by atoms with Gasteiger partial charge >= 0.3 is 5.97 Å². The minimum atomic E-state index is -0.448. The second-order valence-corrected chi connectivity index (χ2v) is 9.42. The number of carbonyl (C=O) groups excluding carboxylic acids is 2. The Labute approximate surface area is 213 Å². The molecular weight excluding hydrogens is 458 g/mol. The molecule has 1 N–H and O–H groups in total. The third kappa shape index (κ3) is 6.77. The second kappa shape index (κ2) is 12.7. The third-order valence-electron chi connectivity index (χ3n) is 7.22. The van der Waals surface area contributed by atoms with E-state index in [0.29, 0.717) is 23.9 Å². The van der Waals surface area contributed by atoms with Gasteiger partial charge in [0.2, 0.25) is 0 Å². The van der Waals surface area contributed by atoms with Crippen molar-refractivity contribution in [3.8, 4) is 11.5 Å². The highest BCUT2D eigenvalue weighted by Crippen LogP contribution is 2.26. The lowest BCUT2D eigenvalue weighted by Gasteiger charge is -2.42. The standard InChI is InChI=1S/C28H37N3O5/c1-34-25-7-3-21(4-8-25)19-31(24-13-17-30(18-14-24)23-11-15-29-16-12-23)28(33)22-5-9-26(10-6-22)36-20-27(32)35-2/h3-10,23-24,29H,11-20H2,1-2H3. The van der Waals surface area contributed by atoms with E-state index in [1.165, 1.54) is 20.0 Å². The summed E-state index contributed by atoms with van der Waals surface area (Å²) in [6, 6.07) is 15.7. The molecule has 194 valence electrons. The number of piperidine rings is 2. The maximum Gasteiger partial charge on any atom is 0.343 e. The number of esters is 1. The zero-order valence-electron chi connectivity index (χ0n) is 21.3. The van der Waals surface area contributed by atoms with Crippen LogP contribution in [0.1, 0.15) is 41.6 Å². The van der Waals surface area contributed by atoms with E-state index in [9.17, 15) is 9.59 Å². The van der Waals surface area contributed by atoms with Crippen LogP contribution in [0.5, 0.6) is 11.5 Å². The zero-order valence-corrected chi connectivity index (χ0v) is 21.3. The van der Waals surface area contributed by atoms with Gasteiger partial charge in [0.15, 0.2) is 6.61 Å². The van der Waals surface area contributed by atoms with Crippen molar-refractivity contribution < 1.29 is 23.8 Å². The first-order chi connectivity index (χ1) is 17.6. The summed E-state index contributed by atoms with van der Waals surface area (Å²) in [5.41, 5.74) is 1.68. The van der Waals surface area contributed by atoms with Gasteiger partial charge in [0.05, 0.1) is 14.2 Å². The lowest BCUT2D eigenvalue weighted by Crippen LogP contribution is -2.51. The van der Waals surface area contributed by atoms with Crippen LogP contribution >= 0.6 is 0 Å². The number of amides is 1. The quantitative estimate of drug-likeness (QED) is 0.536. The molecule has 36 heavy (non-hydrogen) atoms. The zero-order chi connectivity index (χ0) is 25.3. The highest BCUT2D eigenvalue weighted by Gasteiger charge is 2.31. The van der Waals surface area contributed by atoms with Crippen LogP contribution in [-0.4, -0.2) is 80.8 Å².